The molecule has 5 heteroatoms. The molecule has 1 aliphatic carbocycles. The smallest absolute Gasteiger partial charge is 0.310 e. The van der Waals surface area contributed by atoms with E-state index in [-0.39, 0.29) is 17.8 Å². The number of nitrogens with zero attached hydrogens (tertiary/aromatic N) is 1. The third-order valence-electron chi connectivity index (χ3n) is 2.92. The van der Waals surface area contributed by atoms with Crippen molar-refractivity contribution in [3.63, 3.8) is 0 Å². The van der Waals surface area contributed by atoms with Gasteiger partial charge in [0.05, 0.1) is 18.7 Å². The van der Waals surface area contributed by atoms with Gasteiger partial charge >= 0.3 is 5.97 Å². The summed E-state index contributed by atoms with van der Waals surface area (Å²) >= 11 is 5.90. The molecule has 1 fully saturated rings. The third kappa shape index (κ3) is 3.38. The third-order valence-corrected chi connectivity index (χ3v) is 3.13. The lowest BCUT2D eigenvalue weighted by Gasteiger charge is -2.19. The first-order chi connectivity index (χ1) is 8.81. The number of aromatic nitrogens is 1. The highest BCUT2D eigenvalue weighted by molar-refractivity contribution is 6.29. The standard InChI is InChI=1S/C14H18ClNO3/c1-14(2,3)19-13(17)9-7-8(9)12-10(18-4)5-6-11(15)16-12/h5-6,8-9H,7H2,1-4H3. The zero-order valence-electron chi connectivity index (χ0n) is 11.6. The van der Waals surface area contributed by atoms with Crippen molar-refractivity contribution in [2.75, 3.05) is 7.11 Å². The van der Waals surface area contributed by atoms with Crippen LogP contribution in [0, 0.1) is 5.92 Å². The van der Waals surface area contributed by atoms with Crippen LogP contribution in [-0.4, -0.2) is 23.7 Å². The lowest BCUT2D eigenvalue weighted by Crippen LogP contribution is -2.25. The number of ether oxygens (including phenoxy) is 2. The number of carbonyl (C=O) groups is 1. The SMILES string of the molecule is COc1ccc(Cl)nc1C1CC1C(=O)OC(C)(C)C. The van der Waals surface area contributed by atoms with Crippen LogP contribution in [0.1, 0.15) is 38.8 Å². The van der Waals surface area contributed by atoms with Crippen LogP contribution in [0.4, 0.5) is 0 Å². The summed E-state index contributed by atoms with van der Waals surface area (Å²) in [6.45, 7) is 5.58. The maximum atomic E-state index is 12.0. The molecule has 1 aliphatic rings. The Balaban J connectivity index is 2.11. The molecule has 0 bridgehead atoms. The second-order valence-electron chi connectivity index (χ2n) is 5.70. The van der Waals surface area contributed by atoms with Crippen molar-refractivity contribution in [2.45, 2.75) is 38.7 Å². The molecule has 2 atom stereocenters. The fraction of sp³-hybridized carbons (Fsp3) is 0.571. The Morgan fingerprint density at radius 2 is 2.11 bits per heavy atom. The Kier molecular flexibility index (Phi) is 3.72. The minimum atomic E-state index is -0.462. The summed E-state index contributed by atoms with van der Waals surface area (Å²) in [6.07, 6.45) is 0.735. The van der Waals surface area contributed by atoms with Crippen molar-refractivity contribution >= 4 is 17.6 Å². The number of hydrogen-bond acceptors (Lipinski definition) is 4. The van der Waals surface area contributed by atoms with Gasteiger partial charge in [-0.1, -0.05) is 11.6 Å². The molecule has 0 radical (unpaired) electrons. The molecule has 0 spiro atoms. The van der Waals surface area contributed by atoms with Gasteiger partial charge in [-0.05, 0) is 39.3 Å². The number of esters is 1. The second kappa shape index (κ2) is 5.00. The van der Waals surface area contributed by atoms with Crippen LogP contribution in [0.3, 0.4) is 0 Å². The monoisotopic (exact) mass is 283 g/mol. The van der Waals surface area contributed by atoms with E-state index in [1.807, 2.05) is 20.8 Å². The normalized spacial score (nSPS) is 21.9. The van der Waals surface area contributed by atoms with E-state index in [4.69, 9.17) is 21.1 Å². The van der Waals surface area contributed by atoms with Crippen molar-refractivity contribution in [1.29, 1.82) is 0 Å². The first-order valence-electron chi connectivity index (χ1n) is 6.25. The van der Waals surface area contributed by atoms with E-state index in [9.17, 15) is 4.79 Å². The molecule has 0 amide bonds. The van der Waals surface area contributed by atoms with Crippen molar-refractivity contribution in [2.24, 2.45) is 5.92 Å². The zero-order chi connectivity index (χ0) is 14.2. The number of carbonyl (C=O) groups excluding carboxylic acids is 1. The van der Waals surface area contributed by atoms with E-state index in [1.54, 1.807) is 19.2 Å². The van der Waals surface area contributed by atoms with Crippen LogP contribution < -0.4 is 4.74 Å². The molecule has 0 N–H and O–H groups in total. The number of rotatable bonds is 3. The maximum Gasteiger partial charge on any atom is 0.310 e. The molecule has 1 aromatic heterocycles. The van der Waals surface area contributed by atoms with Gasteiger partial charge in [0, 0.05) is 5.92 Å². The van der Waals surface area contributed by atoms with Gasteiger partial charge in [0.2, 0.25) is 0 Å². The molecule has 19 heavy (non-hydrogen) atoms. The molecule has 1 aromatic rings. The van der Waals surface area contributed by atoms with E-state index >= 15 is 0 Å². The van der Waals surface area contributed by atoms with Crippen molar-refractivity contribution in [1.82, 2.24) is 4.98 Å². The molecule has 4 nitrogen and oxygen atoms in total. The predicted molar refractivity (Wildman–Crippen MR) is 72.5 cm³/mol. The maximum absolute atomic E-state index is 12.0. The van der Waals surface area contributed by atoms with Crippen molar-refractivity contribution in [3.05, 3.63) is 23.0 Å². The van der Waals surface area contributed by atoms with Gasteiger partial charge in [-0.15, -0.1) is 0 Å². The van der Waals surface area contributed by atoms with Crippen LogP contribution in [-0.2, 0) is 9.53 Å². The van der Waals surface area contributed by atoms with Gasteiger partial charge < -0.3 is 9.47 Å². The fourth-order valence-electron chi connectivity index (χ4n) is 2.01. The van der Waals surface area contributed by atoms with Gasteiger partial charge in [-0.3, -0.25) is 4.79 Å². The highest BCUT2D eigenvalue weighted by Crippen LogP contribution is 2.50. The summed E-state index contributed by atoms with van der Waals surface area (Å²) in [5.74, 6) is 0.393. The predicted octanol–water partition coefficient (Wildman–Crippen LogP) is 3.19. The summed E-state index contributed by atoms with van der Waals surface area (Å²) in [5, 5.41) is 0.408. The topological polar surface area (TPSA) is 48.4 Å². The second-order valence-corrected chi connectivity index (χ2v) is 6.09. The summed E-state index contributed by atoms with van der Waals surface area (Å²) < 4.78 is 10.6. The van der Waals surface area contributed by atoms with E-state index < -0.39 is 5.60 Å². The van der Waals surface area contributed by atoms with Gasteiger partial charge in [-0.2, -0.15) is 0 Å². The van der Waals surface area contributed by atoms with Crippen molar-refractivity contribution in [3.8, 4) is 5.75 Å². The first kappa shape index (κ1) is 14.1. The van der Waals surface area contributed by atoms with Gasteiger partial charge in [-0.25, -0.2) is 4.98 Å². The molecular weight excluding hydrogens is 266 g/mol. The van der Waals surface area contributed by atoms with E-state index in [0.29, 0.717) is 10.9 Å². The van der Waals surface area contributed by atoms with Crippen LogP contribution in [0.25, 0.3) is 0 Å². The average Bonchev–Trinajstić information content (AvgIpc) is 3.06. The minimum Gasteiger partial charge on any atom is -0.495 e. The number of halogens is 1. The van der Waals surface area contributed by atoms with Crippen LogP contribution in [0.5, 0.6) is 5.75 Å². The van der Waals surface area contributed by atoms with E-state index in [0.717, 1.165) is 12.1 Å². The molecule has 1 heterocycles. The zero-order valence-corrected chi connectivity index (χ0v) is 12.3. The molecule has 104 valence electrons. The Bertz CT molecular complexity index is 496. The van der Waals surface area contributed by atoms with Gasteiger partial charge in [0.15, 0.2) is 0 Å². The highest BCUT2D eigenvalue weighted by Gasteiger charge is 2.48. The molecular formula is C14H18ClNO3. The Morgan fingerprint density at radius 1 is 1.42 bits per heavy atom. The Hall–Kier alpha value is -1.29. The summed E-state index contributed by atoms with van der Waals surface area (Å²) in [7, 11) is 1.58. The van der Waals surface area contributed by atoms with Gasteiger partial charge in [0.1, 0.15) is 16.5 Å². The lowest BCUT2D eigenvalue weighted by molar-refractivity contribution is -0.156. The fourth-order valence-corrected chi connectivity index (χ4v) is 2.16. The largest absolute Gasteiger partial charge is 0.495 e. The van der Waals surface area contributed by atoms with Gasteiger partial charge in [0.25, 0.3) is 0 Å². The Labute approximate surface area is 118 Å². The van der Waals surface area contributed by atoms with Crippen LogP contribution in [0.2, 0.25) is 5.15 Å². The molecule has 2 rings (SSSR count). The lowest BCUT2D eigenvalue weighted by atomic mass is 10.1. The van der Waals surface area contributed by atoms with Crippen LogP contribution >= 0.6 is 11.6 Å². The van der Waals surface area contributed by atoms with Crippen LogP contribution in [0.15, 0.2) is 12.1 Å². The average molecular weight is 284 g/mol. The quantitative estimate of drug-likeness (QED) is 0.631. The van der Waals surface area contributed by atoms with E-state index in [1.165, 1.54) is 0 Å². The molecule has 0 aromatic carbocycles. The summed E-state index contributed by atoms with van der Waals surface area (Å²) in [5.41, 5.74) is 0.279. The minimum absolute atomic E-state index is 0.0449. The number of hydrogen-bond donors (Lipinski definition) is 0. The molecule has 1 saturated carbocycles. The first-order valence-corrected chi connectivity index (χ1v) is 6.63. The van der Waals surface area contributed by atoms with E-state index in [2.05, 4.69) is 4.98 Å². The number of methoxy groups -OCH3 is 1. The molecule has 0 saturated heterocycles. The summed E-state index contributed by atoms with van der Waals surface area (Å²) in [6, 6.07) is 3.45. The molecule has 0 aliphatic heterocycles. The summed E-state index contributed by atoms with van der Waals surface area (Å²) in [4.78, 5) is 16.2. The Morgan fingerprint density at radius 3 is 2.68 bits per heavy atom. The number of pyridine rings is 1. The highest BCUT2D eigenvalue weighted by atomic mass is 35.5. The van der Waals surface area contributed by atoms with Crippen molar-refractivity contribution < 1.29 is 14.3 Å². The molecule has 2 unspecified atom stereocenters.